The van der Waals surface area contributed by atoms with Crippen LogP contribution in [0, 0.1) is 11.3 Å². The zero-order valence-electron chi connectivity index (χ0n) is 13.4. The summed E-state index contributed by atoms with van der Waals surface area (Å²) in [6, 6.07) is 3.85. The van der Waals surface area contributed by atoms with Crippen LogP contribution >= 0.6 is 11.3 Å². The van der Waals surface area contributed by atoms with Crippen molar-refractivity contribution >= 4 is 17.2 Å². The van der Waals surface area contributed by atoms with Gasteiger partial charge in [0.05, 0.1) is 25.2 Å². The summed E-state index contributed by atoms with van der Waals surface area (Å²) in [5.74, 6) is 0.349. The number of fused-ring (bicyclic) bond motifs is 1. The highest BCUT2D eigenvalue weighted by Crippen LogP contribution is 2.42. The fraction of sp³-hybridized carbons (Fsp3) is 0.471. The molecule has 4 heterocycles. The van der Waals surface area contributed by atoms with Crippen LogP contribution in [-0.2, 0) is 22.6 Å². The van der Waals surface area contributed by atoms with E-state index < -0.39 is 5.41 Å². The first-order valence-corrected chi connectivity index (χ1v) is 9.00. The number of nitrogens with zero attached hydrogens (tertiary/aromatic N) is 3. The molecule has 1 N–H and O–H groups in total. The Balaban J connectivity index is 1.42. The predicted octanol–water partition coefficient (Wildman–Crippen LogP) is 1.30. The lowest BCUT2D eigenvalue weighted by atomic mass is 9.80. The molecule has 2 atom stereocenters. The molecule has 2 aliphatic rings. The number of rotatable bonds is 5. The van der Waals surface area contributed by atoms with Crippen molar-refractivity contribution in [3.8, 4) is 0 Å². The van der Waals surface area contributed by atoms with E-state index in [-0.39, 0.29) is 11.8 Å². The minimum Gasteiger partial charge on any atom is -0.380 e. The summed E-state index contributed by atoms with van der Waals surface area (Å²) < 4.78 is 5.66. The molecule has 2 saturated heterocycles. The lowest BCUT2D eigenvalue weighted by Crippen LogP contribution is -2.46. The van der Waals surface area contributed by atoms with E-state index in [1.807, 2.05) is 23.7 Å². The summed E-state index contributed by atoms with van der Waals surface area (Å²) in [4.78, 5) is 23.7. The van der Waals surface area contributed by atoms with Crippen molar-refractivity contribution in [2.24, 2.45) is 11.3 Å². The first-order chi connectivity index (χ1) is 11.8. The molecule has 2 fully saturated rings. The van der Waals surface area contributed by atoms with Crippen LogP contribution in [0.4, 0.5) is 0 Å². The Hall–Kier alpha value is -1.83. The largest absolute Gasteiger partial charge is 0.380 e. The van der Waals surface area contributed by atoms with E-state index in [0.717, 1.165) is 30.2 Å². The molecule has 0 radical (unpaired) electrons. The molecule has 0 aromatic carbocycles. The van der Waals surface area contributed by atoms with Gasteiger partial charge < -0.3 is 10.1 Å². The normalized spacial score (nSPS) is 26.4. The SMILES string of the molecule is O=C(NCc1cccnc1)[C@]12COC[C@H]1CN(Cc1nccs1)C2. The number of ether oxygens (including phenoxy) is 1. The maximum Gasteiger partial charge on any atom is 0.230 e. The molecule has 0 spiro atoms. The number of hydrogen-bond acceptors (Lipinski definition) is 6. The third-order valence-electron chi connectivity index (χ3n) is 4.91. The Labute approximate surface area is 144 Å². The highest BCUT2D eigenvalue weighted by Gasteiger charge is 2.55. The van der Waals surface area contributed by atoms with Crippen LogP contribution in [0.15, 0.2) is 36.1 Å². The van der Waals surface area contributed by atoms with Crippen LogP contribution in [0.3, 0.4) is 0 Å². The standard InChI is InChI=1S/C17H20N4O2S/c22-16(20-7-13-2-1-3-18-6-13)17-11-21(8-14(17)10-23-12-17)9-15-19-4-5-24-15/h1-6,14H,7-12H2,(H,20,22)/t14-,17-/m1/s1. The summed E-state index contributed by atoms with van der Waals surface area (Å²) in [5, 5.41) is 6.17. The maximum absolute atomic E-state index is 12.9. The number of thiazole rings is 1. The van der Waals surface area contributed by atoms with Crippen molar-refractivity contribution in [3.05, 3.63) is 46.7 Å². The van der Waals surface area contributed by atoms with Crippen LogP contribution in [0.25, 0.3) is 0 Å². The highest BCUT2D eigenvalue weighted by atomic mass is 32.1. The van der Waals surface area contributed by atoms with Gasteiger partial charge in [-0.05, 0) is 11.6 Å². The summed E-state index contributed by atoms with van der Waals surface area (Å²) in [6.45, 7) is 4.11. The minimum atomic E-state index is -0.431. The molecule has 2 aliphatic heterocycles. The van der Waals surface area contributed by atoms with Gasteiger partial charge in [-0.25, -0.2) is 4.98 Å². The second-order valence-electron chi connectivity index (χ2n) is 6.51. The Kier molecular flexibility index (Phi) is 4.30. The Morgan fingerprint density at radius 3 is 3.25 bits per heavy atom. The lowest BCUT2D eigenvalue weighted by Gasteiger charge is -2.26. The summed E-state index contributed by atoms with van der Waals surface area (Å²) in [7, 11) is 0. The van der Waals surface area contributed by atoms with E-state index in [1.54, 1.807) is 23.7 Å². The Bertz CT molecular complexity index is 694. The predicted molar refractivity (Wildman–Crippen MR) is 90.2 cm³/mol. The van der Waals surface area contributed by atoms with Gasteiger partial charge in [0.1, 0.15) is 5.01 Å². The zero-order chi connectivity index (χ0) is 16.4. The number of pyridine rings is 1. The molecule has 7 heteroatoms. The van der Waals surface area contributed by atoms with Crippen LogP contribution in [0.5, 0.6) is 0 Å². The monoisotopic (exact) mass is 344 g/mol. The van der Waals surface area contributed by atoms with Crippen LogP contribution in [-0.4, -0.2) is 47.1 Å². The summed E-state index contributed by atoms with van der Waals surface area (Å²) >= 11 is 1.66. The van der Waals surface area contributed by atoms with E-state index >= 15 is 0 Å². The lowest BCUT2D eigenvalue weighted by molar-refractivity contribution is -0.131. The van der Waals surface area contributed by atoms with Crippen LogP contribution in [0.2, 0.25) is 0 Å². The van der Waals surface area contributed by atoms with Crippen molar-refractivity contribution in [3.63, 3.8) is 0 Å². The van der Waals surface area contributed by atoms with Crippen LogP contribution < -0.4 is 5.32 Å². The number of amides is 1. The van der Waals surface area contributed by atoms with Gasteiger partial charge in [-0.15, -0.1) is 11.3 Å². The second kappa shape index (κ2) is 6.58. The van der Waals surface area contributed by atoms with Crippen molar-refractivity contribution in [1.82, 2.24) is 20.2 Å². The highest BCUT2D eigenvalue weighted by molar-refractivity contribution is 7.09. The molecule has 4 rings (SSSR count). The third kappa shape index (κ3) is 2.94. The van der Waals surface area contributed by atoms with Crippen molar-refractivity contribution in [2.75, 3.05) is 26.3 Å². The van der Waals surface area contributed by atoms with Gasteiger partial charge in [0.15, 0.2) is 0 Å². The molecule has 6 nitrogen and oxygen atoms in total. The first kappa shape index (κ1) is 15.7. The summed E-state index contributed by atoms with van der Waals surface area (Å²) in [6.07, 6.45) is 5.35. The number of likely N-dealkylation sites (tertiary alicyclic amines) is 1. The molecule has 1 amide bonds. The fourth-order valence-electron chi connectivity index (χ4n) is 3.66. The van der Waals surface area contributed by atoms with Gasteiger partial charge >= 0.3 is 0 Å². The molecule has 0 unspecified atom stereocenters. The second-order valence-corrected chi connectivity index (χ2v) is 7.49. The van der Waals surface area contributed by atoms with Crippen molar-refractivity contribution in [1.29, 1.82) is 0 Å². The van der Waals surface area contributed by atoms with E-state index in [2.05, 4.69) is 20.2 Å². The number of carbonyl (C=O) groups is 1. The van der Waals surface area contributed by atoms with Crippen LogP contribution in [0.1, 0.15) is 10.6 Å². The van der Waals surface area contributed by atoms with Gasteiger partial charge in [-0.2, -0.15) is 0 Å². The molecule has 126 valence electrons. The summed E-state index contributed by atoms with van der Waals surface area (Å²) in [5.41, 5.74) is 0.579. The molecule has 2 aromatic heterocycles. The Morgan fingerprint density at radius 2 is 2.46 bits per heavy atom. The molecule has 24 heavy (non-hydrogen) atoms. The van der Waals surface area contributed by atoms with Crippen molar-refractivity contribution in [2.45, 2.75) is 13.1 Å². The molecule has 2 aromatic rings. The number of carbonyl (C=O) groups excluding carboxylic acids is 1. The minimum absolute atomic E-state index is 0.0930. The van der Waals surface area contributed by atoms with E-state index in [1.165, 1.54) is 0 Å². The zero-order valence-corrected chi connectivity index (χ0v) is 14.2. The van der Waals surface area contributed by atoms with Gasteiger partial charge in [0.2, 0.25) is 5.91 Å². The third-order valence-corrected chi connectivity index (χ3v) is 5.68. The average molecular weight is 344 g/mol. The maximum atomic E-state index is 12.9. The van der Waals surface area contributed by atoms with Gasteiger partial charge in [0, 0.05) is 49.5 Å². The average Bonchev–Trinajstić information content (AvgIpc) is 3.30. The van der Waals surface area contributed by atoms with E-state index in [9.17, 15) is 4.79 Å². The molecular weight excluding hydrogens is 324 g/mol. The van der Waals surface area contributed by atoms with Gasteiger partial charge in [-0.3, -0.25) is 14.7 Å². The molecular formula is C17H20N4O2S. The fourth-order valence-corrected chi connectivity index (χ4v) is 4.32. The van der Waals surface area contributed by atoms with Gasteiger partial charge in [-0.1, -0.05) is 6.07 Å². The quantitative estimate of drug-likeness (QED) is 0.886. The number of nitrogens with one attached hydrogen (secondary N) is 1. The molecule has 0 saturated carbocycles. The van der Waals surface area contributed by atoms with E-state index in [0.29, 0.717) is 19.8 Å². The topological polar surface area (TPSA) is 67.3 Å². The Morgan fingerprint density at radius 1 is 1.50 bits per heavy atom. The van der Waals surface area contributed by atoms with E-state index in [4.69, 9.17) is 4.74 Å². The first-order valence-electron chi connectivity index (χ1n) is 8.12. The number of hydrogen-bond donors (Lipinski definition) is 1. The van der Waals surface area contributed by atoms with Crippen molar-refractivity contribution < 1.29 is 9.53 Å². The molecule has 0 bridgehead atoms. The smallest absolute Gasteiger partial charge is 0.230 e. The number of aromatic nitrogens is 2. The van der Waals surface area contributed by atoms with Gasteiger partial charge in [0.25, 0.3) is 0 Å². The molecule has 0 aliphatic carbocycles.